The van der Waals surface area contributed by atoms with E-state index in [2.05, 4.69) is 0 Å². The maximum Gasteiger partial charge on any atom is 0.161 e. The molecule has 0 amide bonds. The molecular formula is C21H25FO4. The summed E-state index contributed by atoms with van der Waals surface area (Å²) in [6.07, 6.45) is 0.557. The topological polar surface area (TPSA) is 47.9 Å². The van der Waals surface area contributed by atoms with Crippen LogP contribution in [0.5, 0.6) is 11.5 Å². The van der Waals surface area contributed by atoms with Crippen LogP contribution in [0.15, 0.2) is 42.5 Å². The van der Waals surface area contributed by atoms with Gasteiger partial charge >= 0.3 is 0 Å². The minimum Gasteiger partial charge on any atom is -0.493 e. The summed E-state index contributed by atoms with van der Waals surface area (Å²) in [5.41, 5.74) is 2.01. The van der Waals surface area contributed by atoms with Gasteiger partial charge in [-0.05, 0) is 54.7 Å². The highest BCUT2D eigenvalue weighted by Gasteiger charge is 2.37. The quantitative estimate of drug-likeness (QED) is 0.816. The van der Waals surface area contributed by atoms with Gasteiger partial charge in [0.2, 0.25) is 0 Å². The highest BCUT2D eigenvalue weighted by Crippen LogP contribution is 2.40. The molecule has 3 rings (SSSR count). The molecule has 1 aliphatic rings. The van der Waals surface area contributed by atoms with Crippen molar-refractivity contribution in [3.63, 3.8) is 0 Å². The zero-order valence-corrected chi connectivity index (χ0v) is 15.2. The highest BCUT2D eigenvalue weighted by molar-refractivity contribution is 5.43. The smallest absolute Gasteiger partial charge is 0.161 e. The standard InChI is InChI=1S/C21H25FO4/c1-3-25-19-9-4-14(11-20(19)24-2)10-16-13-26-21(18(16)12-23)15-5-7-17(22)8-6-15/h4-9,11,16,18,21,23H,3,10,12-13H2,1-2H3/t16-,18-,21+/m0/s1. The fourth-order valence-electron chi connectivity index (χ4n) is 3.59. The van der Waals surface area contributed by atoms with E-state index in [0.29, 0.717) is 19.0 Å². The third-order valence-corrected chi connectivity index (χ3v) is 4.92. The first kappa shape index (κ1) is 18.7. The molecule has 1 N–H and O–H groups in total. The summed E-state index contributed by atoms with van der Waals surface area (Å²) >= 11 is 0. The number of hydrogen-bond donors (Lipinski definition) is 1. The van der Waals surface area contributed by atoms with E-state index in [1.807, 2.05) is 25.1 Å². The molecule has 1 heterocycles. The van der Waals surface area contributed by atoms with Gasteiger partial charge in [0.25, 0.3) is 0 Å². The molecule has 1 saturated heterocycles. The van der Waals surface area contributed by atoms with Crippen LogP contribution in [0.2, 0.25) is 0 Å². The second-order valence-corrected chi connectivity index (χ2v) is 6.53. The van der Waals surface area contributed by atoms with Crippen molar-refractivity contribution in [1.82, 2.24) is 0 Å². The second-order valence-electron chi connectivity index (χ2n) is 6.53. The number of aliphatic hydroxyl groups is 1. The molecule has 2 aromatic rings. The minimum atomic E-state index is -0.273. The predicted octanol–water partition coefficient (Wildman–Crippen LogP) is 3.77. The molecule has 0 aliphatic carbocycles. The molecule has 0 aromatic heterocycles. The van der Waals surface area contributed by atoms with Gasteiger partial charge in [0.1, 0.15) is 5.82 Å². The lowest BCUT2D eigenvalue weighted by atomic mass is 9.84. The zero-order valence-electron chi connectivity index (χ0n) is 15.2. The van der Waals surface area contributed by atoms with Crippen LogP contribution in [-0.4, -0.2) is 32.0 Å². The number of ether oxygens (including phenoxy) is 3. The van der Waals surface area contributed by atoms with E-state index >= 15 is 0 Å². The lowest BCUT2D eigenvalue weighted by molar-refractivity contribution is 0.0718. The maximum atomic E-state index is 13.2. The van der Waals surface area contributed by atoms with E-state index in [1.54, 1.807) is 19.2 Å². The van der Waals surface area contributed by atoms with Gasteiger partial charge in [0.15, 0.2) is 11.5 Å². The fourth-order valence-corrected chi connectivity index (χ4v) is 3.59. The van der Waals surface area contributed by atoms with Gasteiger partial charge < -0.3 is 19.3 Å². The van der Waals surface area contributed by atoms with Crippen LogP contribution in [0.3, 0.4) is 0 Å². The Bertz CT molecular complexity index is 716. The fraction of sp³-hybridized carbons (Fsp3) is 0.429. The van der Waals surface area contributed by atoms with E-state index < -0.39 is 0 Å². The average Bonchev–Trinajstić information content (AvgIpc) is 3.06. The molecular weight excluding hydrogens is 335 g/mol. The molecule has 3 atom stereocenters. The predicted molar refractivity (Wildman–Crippen MR) is 97.0 cm³/mol. The molecule has 140 valence electrons. The third kappa shape index (κ3) is 4.00. The van der Waals surface area contributed by atoms with E-state index in [9.17, 15) is 9.50 Å². The van der Waals surface area contributed by atoms with Crippen LogP contribution < -0.4 is 9.47 Å². The SMILES string of the molecule is CCOc1ccc(C[C@H]2CO[C@H](c3ccc(F)cc3)[C@H]2CO)cc1OC. The van der Waals surface area contributed by atoms with E-state index in [1.165, 1.54) is 12.1 Å². The van der Waals surface area contributed by atoms with Crippen molar-refractivity contribution in [3.05, 3.63) is 59.4 Å². The minimum absolute atomic E-state index is 0.0286. The molecule has 1 aliphatic heterocycles. The molecule has 0 saturated carbocycles. The van der Waals surface area contributed by atoms with Crippen LogP contribution in [-0.2, 0) is 11.2 Å². The van der Waals surface area contributed by atoms with Crippen LogP contribution >= 0.6 is 0 Å². The van der Waals surface area contributed by atoms with Crippen molar-refractivity contribution in [2.45, 2.75) is 19.4 Å². The second kappa shape index (κ2) is 8.52. The Morgan fingerprint density at radius 1 is 1.15 bits per heavy atom. The maximum absolute atomic E-state index is 13.2. The van der Waals surface area contributed by atoms with Gasteiger partial charge in [-0.15, -0.1) is 0 Å². The van der Waals surface area contributed by atoms with Crippen molar-refractivity contribution in [1.29, 1.82) is 0 Å². The lowest BCUT2D eigenvalue weighted by Gasteiger charge is -2.21. The van der Waals surface area contributed by atoms with Crippen molar-refractivity contribution in [2.24, 2.45) is 11.8 Å². The Morgan fingerprint density at radius 3 is 2.58 bits per heavy atom. The van der Waals surface area contributed by atoms with Gasteiger partial charge in [0.05, 0.1) is 26.4 Å². The Kier molecular flexibility index (Phi) is 6.12. The average molecular weight is 360 g/mol. The molecule has 0 unspecified atom stereocenters. The molecule has 0 bridgehead atoms. The number of aliphatic hydroxyl groups excluding tert-OH is 1. The summed E-state index contributed by atoms with van der Waals surface area (Å²) in [5.74, 6) is 1.31. The van der Waals surface area contributed by atoms with Crippen LogP contribution in [0.4, 0.5) is 4.39 Å². The summed E-state index contributed by atoms with van der Waals surface area (Å²) in [4.78, 5) is 0. The van der Waals surface area contributed by atoms with Gasteiger partial charge in [0, 0.05) is 12.5 Å². The number of methoxy groups -OCH3 is 1. The Labute approximate surface area is 153 Å². The van der Waals surface area contributed by atoms with Crippen LogP contribution in [0, 0.1) is 17.7 Å². The normalized spacial score (nSPS) is 22.4. The number of hydrogen-bond acceptors (Lipinski definition) is 4. The first-order valence-electron chi connectivity index (χ1n) is 8.93. The molecule has 26 heavy (non-hydrogen) atoms. The van der Waals surface area contributed by atoms with Crippen LogP contribution in [0.1, 0.15) is 24.2 Å². The number of benzene rings is 2. The molecule has 1 fully saturated rings. The largest absolute Gasteiger partial charge is 0.493 e. The molecule has 0 radical (unpaired) electrons. The Balaban J connectivity index is 1.74. The zero-order chi connectivity index (χ0) is 18.5. The third-order valence-electron chi connectivity index (χ3n) is 4.92. The first-order valence-corrected chi connectivity index (χ1v) is 8.93. The summed E-state index contributed by atoms with van der Waals surface area (Å²) in [6, 6.07) is 12.2. The number of halogens is 1. The van der Waals surface area contributed by atoms with Gasteiger partial charge in [-0.2, -0.15) is 0 Å². The van der Waals surface area contributed by atoms with Crippen molar-refractivity contribution >= 4 is 0 Å². The lowest BCUT2D eigenvalue weighted by Crippen LogP contribution is -2.21. The van der Waals surface area contributed by atoms with Gasteiger partial charge in [-0.25, -0.2) is 4.39 Å². The van der Waals surface area contributed by atoms with Gasteiger partial charge in [-0.1, -0.05) is 18.2 Å². The highest BCUT2D eigenvalue weighted by atomic mass is 19.1. The van der Waals surface area contributed by atoms with Crippen LogP contribution in [0.25, 0.3) is 0 Å². The van der Waals surface area contributed by atoms with E-state index in [0.717, 1.165) is 23.3 Å². The summed E-state index contributed by atoms with van der Waals surface area (Å²) in [6.45, 7) is 3.10. The summed E-state index contributed by atoms with van der Waals surface area (Å²) < 4.78 is 30.1. The molecule has 4 nitrogen and oxygen atoms in total. The van der Waals surface area contributed by atoms with Crippen molar-refractivity contribution in [2.75, 3.05) is 26.9 Å². The molecule has 0 spiro atoms. The number of rotatable bonds is 7. The van der Waals surface area contributed by atoms with E-state index in [-0.39, 0.29) is 30.4 Å². The molecule has 5 heteroatoms. The first-order chi connectivity index (χ1) is 12.7. The Morgan fingerprint density at radius 2 is 1.92 bits per heavy atom. The summed E-state index contributed by atoms with van der Waals surface area (Å²) in [5, 5.41) is 9.92. The van der Waals surface area contributed by atoms with E-state index in [4.69, 9.17) is 14.2 Å². The Hall–Kier alpha value is -2.11. The molecule has 2 aromatic carbocycles. The van der Waals surface area contributed by atoms with Crippen molar-refractivity contribution < 1.29 is 23.7 Å². The van der Waals surface area contributed by atoms with Gasteiger partial charge in [-0.3, -0.25) is 0 Å². The monoisotopic (exact) mass is 360 g/mol. The summed E-state index contributed by atoms with van der Waals surface area (Å²) in [7, 11) is 1.63. The van der Waals surface area contributed by atoms with Crippen molar-refractivity contribution in [3.8, 4) is 11.5 Å².